The molecule has 1 aliphatic rings. The van der Waals surface area contributed by atoms with Gasteiger partial charge in [-0.25, -0.2) is 0 Å². The number of hydrogen-bond acceptors (Lipinski definition) is 3. The van der Waals surface area contributed by atoms with Crippen molar-refractivity contribution >= 4 is 17.5 Å². The third kappa shape index (κ3) is 3.57. The van der Waals surface area contributed by atoms with Crippen LogP contribution in [0, 0.1) is 0 Å². The van der Waals surface area contributed by atoms with Gasteiger partial charge in [0.1, 0.15) is 6.04 Å². The molecule has 6 nitrogen and oxygen atoms in total. The molecule has 1 aromatic carbocycles. The predicted octanol–water partition coefficient (Wildman–Crippen LogP) is 2.25. The molecule has 2 heterocycles. The van der Waals surface area contributed by atoms with Crippen LogP contribution in [0.3, 0.4) is 0 Å². The van der Waals surface area contributed by atoms with Crippen molar-refractivity contribution in [3.63, 3.8) is 0 Å². The molecule has 2 amide bonds. The van der Waals surface area contributed by atoms with E-state index in [1.807, 2.05) is 31.3 Å². The van der Waals surface area contributed by atoms with Crippen LogP contribution in [0.2, 0.25) is 0 Å². The molecule has 0 bridgehead atoms. The Labute approximate surface area is 147 Å². The van der Waals surface area contributed by atoms with Gasteiger partial charge in [0.25, 0.3) is 5.91 Å². The van der Waals surface area contributed by atoms with Crippen molar-refractivity contribution in [2.24, 2.45) is 7.05 Å². The lowest BCUT2D eigenvalue weighted by Gasteiger charge is -2.19. The summed E-state index contributed by atoms with van der Waals surface area (Å²) in [5.74, 6) is -0.306. The highest BCUT2D eigenvalue weighted by Crippen LogP contribution is 2.23. The summed E-state index contributed by atoms with van der Waals surface area (Å²) in [5.41, 5.74) is 2.55. The standard InChI is InChI=1S/C19H24N4O2/c1-19(2,3)14-7-5-13(6-8-14)17(24)21-16-9-10-23(18(16)25)15-11-20-22(4)12-15/h5-8,11-12,16H,9-10H2,1-4H3,(H,21,24)/t16-/m1/s1. The summed E-state index contributed by atoms with van der Waals surface area (Å²) in [5, 5.41) is 6.94. The maximum atomic E-state index is 12.5. The summed E-state index contributed by atoms with van der Waals surface area (Å²) in [6.45, 7) is 6.98. The van der Waals surface area contributed by atoms with Crippen LogP contribution in [0.15, 0.2) is 36.7 Å². The largest absolute Gasteiger partial charge is 0.340 e. The molecular formula is C19H24N4O2. The number of aromatic nitrogens is 2. The van der Waals surface area contributed by atoms with E-state index in [2.05, 4.69) is 31.2 Å². The smallest absolute Gasteiger partial charge is 0.251 e. The van der Waals surface area contributed by atoms with Gasteiger partial charge >= 0.3 is 0 Å². The van der Waals surface area contributed by atoms with Crippen LogP contribution in [0.4, 0.5) is 5.69 Å². The van der Waals surface area contributed by atoms with Crippen LogP contribution in [0.25, 0.3) is 0 Å². The molecule has 1 N–H and O–H groups in total. The van der Waals surface area contributed by atoms with Gasteiger partial charge in [0.15, 0.2) is 0 Å². The lowest BCUT2D eigenvalue weighted by molar-refractivity contribution is -0.118. The summed E-state index contributed by atoms with van der Waals surface area (Å²) >= 11 is 0. The van der Waals surface area contributed by atoms with Crippen molar-refractivity contribution in [2.75, 3.05) is 11.4 Å². The van der Waals surface area contributed by atoms with Crippen molar-refractivity contribution in [3.05, 3.63) is 47.8 Å². The Morgan fingerprint density at radius 3 is 2.48 bits per heavy atom. The SMILES string of the molecule is Cn1cc(N2CC[C@@H](NC(=O)c3ccc(C(C)(C)C)cc3)C2=O)cn1. The number of hydrogen-bond donors (Lipinski definition) is 1. The van der Waals surface area contributed by atoms with E-state index >= 15 is 0 Å². The van der Waals surface area contributed by atoms with E-state index in [1.54, 1.807) is 22.0 Å². The first-order valence-electron chi connectivity index (χ1n) is 8.47. The second kappa shape index (κ2) is 6.35. The zero-order chi connectivity index (χ0) is 18.2. The van der Waals surface area contributed by atoms with Crippen molar-refractivity contribution in [3.8, 4) is 0 Å². The molecular weight excluding hydrogens is 316 g/mol. The molecule has 0 radical (unpaired) electrons. The van der Waals surface area contributed by atoms with Crippen LogP contribution in [-0.4, -0.2) is 34.2 Å². The van der Waals surface area contributed by atoms with E-state index in [0.717, 1.165) is 5.69 Å². The number of carbonyl (C=O) groups excluding carboxylic acids is 2. The number of nitrogens with zero attached hydrogens (tertiary/aromatic N) is 3. The highest BCUT2D eigenvalue weighted by atomic mass is 16.2. The average Bonchev–Trinajstić information content (AvgIpc) is 3.13. The highest BCUT2D eigenvalue weighted by molar-refractivity contribution is 6.03. The van der Waals surface area contributed by atoms with Gasteiger partial charge in [-0.1, -0.05) is 32.9 Å². The Kier molecular flexibility index (Phi) is 4.37. The summed E-state index contributed by atoms with van der Waals surface area (Å²) < 4.78 is 1.66. The van der Waals surface area contributed by atoms with Gasteiger partial charge in [0, 0.05) is 25.4 Å². The van der Waals surface area contributed by atoms with Crippen LogP contribution in [0.1, 0.15) is 43.1 Å². The van der Waals surface area contributed by atoms with Gasteiger partial charge < -0.3 is 10.2 Å². The second-order valence-electron chi connectivity index (χ2n) is 7.50. The van der Waals surface area contributed by atoms with E-state index in [-0.39, 0.29) is 17.2 Å². The van der Waals surface area contributed by atoms with Crippen LogP contribution in [0.5, 0.6) is 0 Å². The molecule has 0 unspecified atom stereocenters. The number of benzene rings is 1. The van der Waals surface area contributed by atoms with Gasteiger partial charge in [-0.3, -0.25) is 14.3 Å². The first-order valence-corrected chi connectivity index (χ1v) is 8.47. The number of rotatable bonds is 3. The fraction of sp³-hybridized carbons (Fsp3) is 0.421. The second-order valence-corrected chi connectivity index (χ2v) is 7.50. The minimum Gasteiger partial charge on any atom is -0.340 e. The Hall–Kier alpha value is -2.63. The van der Waals surface area contributed by atoms with Gasteiger partial charge in [-0.2, -0.15) is 5.10 Å². The Bertz CT molecular complexity index is 787. The van der Waals surface area contributed by atoms with Crippen molar-refractivity contribution in [2.45, 2.75) is 38.6 Å². The van der Waals surface area contributed by atoms with Crippen LogP contribution >= 0.6 is 0 Å². The molecule has 1 aliphatic heterocycles. The summed E-state index contributed by atoms with van der Waals surface area (Å²) in [6.07, 6.45) is 4.06. The number of nitrogens with one attached hydrogen (secondary N) is 1. The summed E-state index contributed by atoms with van der Waals surface area (Å²) in [7, 11) is 1.81. The van der Waals surface area contributed by atoms with Gasteiger partial charge in [-0.15, -0.1) is 0 Å². The Balaban J connectivity index is 1.66. The normalized spacial score (nSPS) is 17.8. The van der Waals surface area contributed by atoms with Gasteiger partial charge in [-0.05, 0) is 29.5 Å². The molecule has 6 heteroatoms. The topological polar surface area (TPSA) is 67.2 Å². The molecule has 1 fully saturated rings. The van der Waals surface area contributed by atoms with Crippen molar-refractivity contribution in [1.82, 2.24) is 15.1 Å². The van der Waals surface area contributed by atoms with E-state index < -0.39 is 6.04 Å². The predicted molar refractivity (Wildman–Crippen MR) is 96.6 cm³/mol. The number of aryl methyl sites for hydroxylation is 1. The molecule has 0 spiro atoms. The number of amides is 2. The Morgan fingerprint density at radius 1 is 1.24 bits per heavy atom. The van der Waals surface area contributed by atoms with E-state index in [4.69, 9.17) is 0 Å². The molecule has 0 saturated carbocycles. The number of anilines is 1. The summed E-state index contributed by atoms with van der Waals surface area (Å²) in [4.78, 5) is 26.7. The molecule has 25 heavy (non-hydrogen) atoms. The minimum atomic E-state index is -0.491. The van der Waals surface area contributed by atoms with Crippen LogP contribution in [-0.2, 0) is 17.3 Å². The molecule has 1 saturated heterocycles. The quantitative estimate of drug-likeness (QED) is 0.932. The van der Waals surface area contributed by atoms with Crippen LogP contribution < -0.4 is 10.2 Å². The monoisotopic (exact) mass is 340 g/mol. The molecule has 1 aromatic heterocycles. The highest BCUT2D eigenvalue weighted by Gasteiger charge is 2.34. The molecule has 2 aromatic rings. The van der Waals surface area contributed by atoms with Gasteiger partial charge in [0.2, 0.25) is 5.91 Å². The molecule has 1 atom stereocenters. The van der Waals surface area contributed by atoms with Crippen molar-refractivity contribution in [1.29, 1.82) is 0 Å². The maximum absolute atomic E-state index is 12.5. The first kappa shape index (κ1) is 17.2. The molecule has 132 valence electrons. The third-order valence-corrected chi connectivity index (χ3v) is 4.53. The average molecular weight is 340 g/mol. The minimum absolute atomic E-state index is 0.0423. The van der Waals surface area contributed by atoms with E-state index in [0.29, 0.717) is 18.5 Å². The fourth-order valence-corrected chi connectivity index (χ4v) is 2.98. The van der Waals surface area contributed by atoms with Gasteiger partial charge in [0.05, 0.1) is 11.9 Å². The first-order chi connectivity index (χ1) is 11.8. The maximum Gasteiger partial charge on any atom is 0.251 e. The molecule has 0 aliphatic carbocycles. The Morgan fingerprint density at radius 2 is 1.92 bits per heavy atom. The van der Waals surface area contributed by atoms with E-state index in [1.165, 1.54) is 5.56 Å². The lowest BCUT2D eigenvalue weighted by Crippen LogP contribution is -2.41. The zero-order valence-corrected chi connectivity index (χ0v) is 15.1. The zero-order valence-electron chi connectivity index (χ0n) is 15.1. The summed E-state index contributed by atoms with van der Waals surface area (Å²) in [6, 6.07) is 7.07. The fourth-order valence-electron chi connectivity index (χ4n) is 2.98. The molecule has 3 rings (SSSR count). The van der Waals surface area contributed by atoms with Crippen molar-refractivity contribution < 1.29 is 9.59 Å². The number of carbonyl (C=O) groups is 2. The lowest BCUT2D eigenvalue weighted by atomic mass is 9.86. The van der Waals surface area contributed by atoms with E-state index in [9.17, 15) is 9.59 Å². The third-order valence-electron chi connectivity index (χ3n) is 4.53.